The molecule has 29 heavy (non-hydrogen) atoms. The first-order chi connectivity index (χ1) is 13.7. The maximum Gasteiger partial charge on any atom is 0.410 e. The molecule has 0 radical (unpaired) electrons. The van der Waals surface area contributed by atoms with E-state index in [4.69, 9.17) is 0 Å². The van der Waals surface area contributed by atoms with Gasteiger partial charge in [0.15, 0.2) is 11.7 Å². The van der Waals surface area contributed by atoms with Crippen molar-refractivity contribution in [1.82, 2.24) is 14.7 Å². The predicted octanol–water partition coefficient (Wildman–Crippen LogP) is 4.80. The van der Waals surface area contributed by atoms with Gasteiger partial charge in [0.2, 0.25) is 0 Å². The van der Waals surface area contributed by atoms with Gasteiger partial charge >= 0.3 is 6.18 Å². The average Bonchev–Trinajstić information content (AvgIpc) is 3.10. The molecule has 1 fully saturated rings. The zero-order valence-corrected chi connectivity index (χ0v) is 16.5. The normalized spacial score (nSPS) is 27.3. The topological polar surface area (TPSA) is 50.2 Å². The van der Waals surface area contributed by atoms with E-state index >= 15 is 0 Å². The van der Waals surface area contributed by atoms with Crippen LogP contribution in [0.5, 0.6) is 0 Å². The molecule has 1 saturated heterocycles. The number of hydrogen-bond donors (Lipinski definition) is 1. The SMILES string of the molecule is C[C@H]1CCN(C(=O)c2cc3n(n2)[C@H](C(F)(F)F)C[C@H](c2ccccc2)N3)[C@H](C)C1. The fraction of sp³-hybridized carbons (Fsp3) is 0.524. The Bertz CT molecular complexity index is 880. The molecule has 0 saturated carbocycles. The molecule has 1 N–H and O–H groups in total. The number of alkyl halides is 3. The van der Waals surface area contributed by atoms with E-state index in [-0.39, 0.29) is 29.9 Å². The third kappa shape index (κ3) is 3.84. The second-order valence-electron chi connectivity index (χ2n) is 8.24. The number of piperidine rings is 1. The molecule has 0 bridgehead atoms. The number of amides is 1. The Labute approximate surface area is 167 Å². The van der Waals surface area contributed by atoms with Gasteiger partial charge in [-0.05, 0) is 31.2 Å². The van der Waals surface area contributed by atoms with Crippen molar-refractivity contribution in [3.63, 3.8) is 0 Å². The summed E-state index contributed by atoms with van der Waals surface area (Å²) in [6, 6.07) is 8.29. The molecule has 4 rings (SSSR count). The van der Waals surface area contributed by atoms with Crippen LogP contribution in [0.1, 0.15) is 61.2 Å². The van der Waals surface area contributed by atoms with Crippen LogP contribution in [0.15, 0.2) is 36.4 Å². The lowest BCUT2D eigenvalue weighted by molar-refractivity contribution is -0.173. The maximum absolute atomic E-state index is 13.8. The van der Waals surface area contributed by atoms with Gasteiger partial charge in [-0.2, -0.15) is 18.3 Å². The molecule has 2 aliphatic heterocycles. The number of carbonyl (C=O) groups excluding carboxylic acids is 1. The molecule has 2 aromatic rings. The van der Waals surface area contributed by atoms with Gasteiger partial charge in [0.1, 0.15) is 5.82 Å². The number of benzene rings is 1. The lowest BCUT2D eigenvalue weighted by Gasteiger charge is -2.36. The van der Waals surface area contributed by atoms with Crippen LogP contribution in [0.25, 0.3) is 0 Å². The smallest absolute Gasteiger partial charge is 0.363 e. The van der Waals surface area contributed by atoms with E-state index < -0.39 is 18.3 Å². The average molecular weight is 406 g/mol. The molecule has 8 heteroatoms. The van der Waals surface area contributed by atoms with Crippen LogP contribution in [0, 0.1) is 5.92 Å². The molecule has 3 heterocycles. The van der Waals surface area contributed by atoms with Crippen molar-refractivity contribution in [2.45, 2.75) is 57.4 Å². The molecule has 1 amide bonds. The zero-order valence-electron chi connectivity index (χ0n) is 16.5. The highest BCUT2D eigenvalue weighted by Crippen LogP contribution is 2.43. The van der Waals surface area contributed by atoms with Crippen molar-refractivity contribution < 1.29 is 18.0 Å². The quantitative estimate of drug-likeness (QED) is 0.779. The first-order valence-corrected chi connectivity index (χ1v) is 10.0. The number of hydrogen-bond acceptors (Lipinski definition) is 3. The van der Waals surface area contributed by atoms with E-state index in [2.05, 4.69) is 17.3 Å². The molecule has 4 atom stereocenters. The van der Waals surface area contributed by atoms with Crippen molar-refractivity contribution in [2.75, 3.05) is 11.9 Å². The van der Waals surface area contributed by atoms with E-state index in [1.54, 1.807) is 29.2 Å². The lowest BCUT2D eigenvalue weighted by atomic mass is 9.93. The maximum atomic E-state index is 13.8. The summed E-state index contributed by atoms with van der Waals surface area (Å²) >= 11 is 0. The number of likely N-dealkylation sites (tertiary alicyclic amines) is 1. The van der Waals surface area contributed by atoms with Gasteiger partial charge < -0.3 is 10.2 Å². The van der Waals surface area contributed by atoms with Gasteiger partial charge in [-0.15, -0.1) is 0 Å². The van der Waals surface area contributed by atoms with Gasteiger partial charge in [-0.1, -0.05) is 37.3 Å². The molecule has 0 unspecified atom stereocenters. The summed E-state index contributed by atoms with van der Waals surface area (Å²) < 4.78 is 42.3. The van der Waals surface area contributed by atoms with Crippen LogP contribution in [-0.2, 0) is 0 Å². The molecule has 0 spiro atoms. The molecular formula is C21H25F3N4O. The third-order valence-electron chi connectivity index (χ3n) is 6.01. The van der Waals surface area contributed by atoms with Crippen LogP contribution >= 0.6 is 0 Å². The van der Waals surface area contributed by atoms with E-state index in [0.717, 1.165) is 23.1 Å². The Morgan fingerprint density at radius 1 is 1.17 bits per heavy atom. The van der Waals surface area contributed by atoms with Gasteiger partial charge in [0.05, 0.1) is 6.04 Å². The van der Waals surface area contributed by atoms with Gasteiger partial charge in [0.25, 0.3) is 5.91 Å². The summed E-state index contributed by atoms with van der Waals surface area (Å²) in [7, 11) is 0. The third-order valence-corrected chi connectivity index (χ3v) is 6.01. The Balaban J connectivity index is 1.65. The van der Waals surface area contributed by atoms with E-state index in [0.29, 0.717) is 12.5 Å². The number of aromatic nitrogens is 2. The van der Waals surface area contributed by atoms with E-state index in [9.17, 15) is 18.0 Å². The van der Waals surface area contributed by atoms with Crippen molar-refractivity contribution >= 4 is 11.7 Å². The number of halogens is 3. The highest BCUT2D eigenvalue weighted by atomic mass is 19.4. The van der Waals surface area contributed by atoms with Gasteiger partial charge in [-0.3, -0.25) is 4.79 Å². The summed E-state index contributed by atoms with van der Waals surface area (Å²) in [5.74, 6) is 0.464. The Hall–Kier alpha value is -2.51. The first-order valence-electron chi connectivity index (χ1n) is 10.0. The molecule has 0 aliphatic carbocycles. The van der Waals surface area contributed by atoms with Crippen LogP contribution < -0.4 is 5.32 Å². The summed E-state index contributed by atoms with van der Waals surface area (Å²) in [5.41, 5.74) is 0.845. The summed E-state index contributed by atoms with van der Waals surface area (Å²) in [4.78, 5) is 14.7. The number of nitrogens with zero attached hydrogens (tertiary/aromatic N) is 3. The molecule has 2 aliphatic rings. The van der Waals surface area contributed by atoms with Crippen LogP contribution in [0.3, 0.4) is 0 Å². The van der Waals surface area contributed by atoms with Crippen molar-refractivity contribution in [1.29, 1.82) is 0 Å². The minimum Gasteiger partial charge on any atom is -0.363 e. The Morgan fingerprint density at radius 3 is 2.55 bits per heavy atom. The molecule has 1 aromatic carbocycles. The number of fused-ring (bicyclic) bond motifs is 1. The number of nitrogens with one attached hydrogen (secondary N) is 1. The fourth-order valence-electron chi connectivity index (χ4n) is 4.44. The summed E-state index contributed by atoms with van der Waals surface area (Å²) in [5, 5.41) is 7.24. The van der Waals surface area contributed by atoms with Gasteiger partial charge in [0, 0.05) is 25.1 Å². The van der Waals surface area contributed by atoms with E-state index in [1.807, 2.05) is 13.0 Å². The van der Waals surface area contributed by atoms with Crippen molar-refractivity contribution in [3.8, 4) is 0 Å². The fourth-order valence-corrected chi connectivity index (χ4v) is 4.44. The molecular weight excluding hydrogens is 381 g/mol. The number of rotatable bonds is 2. The van der Waals surface area contributed by atoms with E-state index in [1.165, 1.54) is 6.07 Å². The van der Waals surface area contributed by atoms with Crippen molar-refractivity contribution in [3.05, 3.63) is 47.7 Å². The predicted molar refractivity (Wildman–Crippen MR) is 104 cm³/mol. The molecule has 1 aromatic heterocycles. The molecule has 5 nitrogen and oxygen atoms in total. The summed E-state index contributed by atoms with van der Waals surface area (Å²) in [6.07, 6.45) is -2.85. The monoisotopic (exact) mass is 406 g/mol. The lowest BCUT2D eigenvalue weighted by Crippen LogP contribution is -2.44. The minimum atomic E-state index is -4.45. The standard InChI is InChI=1S/C21H25F3N4O/c1-13-8-9-27(14(2)10-13)20(29)17-12-19-25-16(15-6-4-3-5-7-15)11-18(21(22,23)24)28(19)26-17/h3-7,12-14,16,18,25H,8-11H2,1-2H3/t13-,14+,16+,18-/m0/s1. The minimum absolute atomic E-state index is 0.0495. The zero-order chi connectivity index (χ0) is 20.8. The number of anilines is 1. The molecule has 156 valence electrons. The second kappa shape index (κ2) is 7.39. The highest BCUT2D eigenvalue weighted by molar-refractivity contribution is 5.93. The Morgan fingerprint density at radius 2 is 1.90 bits per heavy atom. The Kier molecular flexibility index (Phi) is 5.04. The number of carbonyl (C=O) groups is 1. The summed E-state index contributed by atoms with van der Waals surface area (Å²) in [6.45, 7) is 4.73. The second-order valence-corrected chi connectivity index (χ2v) is 8.24. The first kappa shape index (κ1) is 19.8. The van der Waals surface area contributed by atoms with Crippen LogP contribution in [0.4, 0.5) is 19.0 Å². The van der Waals surface area contributed by atoms with Crippen molar-refractivity contribution in [2.24, 2.45) is 5.92 Å². The van der Waals surface area contributed by atoms with Crippen LogP contribution in [-0.4, -0.2) is 39.4 Å². The van der Waals surface area contributed by atoms with Gasteiger partial charge in [-0.25, -0.2) is 4.68 Å². The highest BCUT2D eigenvalue weighted by Gasteiger charge is 2.47. The van der Waals surface area contributed by atoms with Crippen LogP contribution in [0.2, 0.25) is 0 Å². The largest absolute Gasteiger partial charge is 0.410 e.